The average Bonchev–Trinajstić information content (AvgIpc) is 3.46. The number of anilines is 1. The maximum atomic E-state index is 14.3. The van der Waals surface area contributed by atoms with Crippen molar-refractivity contribution in [2.75, 3.05) is 11.9 Å². The van der Waals surface area contributed by atoms with Gasteiger partial charge in [-0.25, -0.2) is 14.4 Å². The molecule has 5 rings (SSSR count). The second kappa shape index (κ2) is 9.04. The van der Waals surface area contributed by atoms with Gasteiger partial charge in [0.2, 0.25) is 0 Å². The van der Waals surface area contributed by atoms with Crippen LogP contribution in [0.4, 0.5) is 10.2 Å². The van der Waals surface area contributed by atoms with E-state index in [0.717, 1.165) is 38.0 Å². The van der Waals surface area contributed by atoms with Crippen molar-refractivity contribution >= 4 is 16.7 Å². The minimum absolute atomic E-state index is 0.00911. The van der Waals surface area contributed by atoms with Gasteiger partial charge in [0.15, 0.2) is 5.82 Å². The van der Waals surface area contributed by atoms with Crippen LogP contribution in [0.1, 0.15) is 81.5 Å². The summed E-state index contributed by atoms with van der Waals surface area (Å²) in [5.74, 6) is 1.22. The smallest absolute Gasteiger partial charge is 0.250 e. The molecule has 0 saturated heterocycles. The van der Waals surface area contributed by atoms with E-state index in [9.17, 15) is 4.39 Å². The Kier molecular flexibility index (Phi) is 5.98. The fraction of sp³-hybridized carbons (Fsp3) is 0.560. The van der Waals surface area contributed by atoms with E-state index in [-0.39, 0.29) is 17.8 Å². The monoisotopic (exact) mass is 437 g/mol. The van der Waals surface area contributed by atoms with Crippen LogP contribution >= 0.6 is 0 Å². The normalized spacial score (nSPS) is 21.8. The Labute approximate surface area is 188 Å². The standard InChI is InChI=1S/C25H32FN5O/c1-3-27-22-14-21-20(15-29-22)24(17-6-4-5-7-17)30-31(21)18-8-10-19(11-9-18)32-25-23(26)16(2)12-13-28-25/h12-15,17-19H,3-11H2,1-2H3,(H,27,29). The number of hydrogen-bond donors (Lipinski definition) is 1. The zero-order valence-corrected chi connectivity index (χ0v) is 19.0. The van der Waals surface area contributed by atoms with Crippen LogP contribution in [0.25, 0.3) is 10.9 Å². The summed E-state index contributed by atoms with van der Waals surface area (Å²) in [6.45, 7) is 4.66. The largest absolute Gasteiger partial charge is 0.472 e. The van der Waals surface area contributed by atoms with Crippen LogP contribution in [-0.2, 0) is 0 Å². The molecule has 0 spiro atoms. The Hall–Kier alpha value is -2.70. The predicted molar refractivity (Wildman–Crippen MR) is 124 cm³/mol. The Bertz CT molecular complexity index is 1080. The third-order valence-electron chi connectivity index (χ3n) is 7.04. The number of halogens is 1. The number of fused-ring (bicyclic) bond motifs is 1. The lowest BCUT2D eigenvalue weighted by Gasteiger charge is -2.29. The molecule has 0 atom stereocenters. The zero-order chi connectivity index (χ0) is 22.1. The lowest BCUT2D eigenvalue weighted by molar-refractivity contribution is 0.120. The molecule has 7 heteroatoms. The molecule has 0 bridgehead atoms. The van der Waals surface area contributed by atoms with Gasteiger partial charge in [-0.15, -0.1) is 0 Å². The molecule has 3 aromatic heterocycles. The second-order valence-electron chi connectivity index (χ2n) is 9.22. The van der Waals surface area contributed by atoms with Gasteiger partial charge >= 0.3 is 0 Å². The van der Waals surface area contributed by atoms with Crippen molar-refractivity contribution in [3.8, 4) is 5.88 Å². The zero-order valence-electron chi connectivity index (χ0n) is 19.0. The molecule has 2 aliphatic rings. The van der Waals surface area contributed by atoms with Gasteiger partial charge in [0.05, 0.1) is 17.3 Å². The third-order valence-corrected chi connectivity index (χ3v) is 7.04. The molecular weight excluding hydrogens is 405 g/mol. The number of aryl methyl sites for hydroxylation is 1. The van der Waals surface area contributed by atoms with Gasteiger partial charge in [0.1, 0.15) is 11.9 Å². The number of nitrogens with zero attached hydrogens (tertiary/aromatic N) is 4. The quantitative estimate of drug-likeness (QED) is 0.518. The fourth-order valence-corrected chi connectivity index (χ4v) is 5.28. The first-order valence-corrected chi connectivity index (χ1v) is 12.0. The maximum Gasteiger partial charge on any atom is 0.250 e. The molecule has 0 aliphatic heterocycles. The molecule has 32 heavy (non-hydrogen) atoms. The summed E-state index contributed by atoms with van der Waals surface area (Å²) >= 11 is 0. The van der Waals surface area contributed by atoms with Crippen LogP contribution in [-0.4, -0.2) is 32.4 Å². The highest BCUT2D eigenvalue weighted by atomic mass is 19.1. The van der Waals surface area contributed by atoms with Crippen LogP contribution < -0.4 is 10.1 Å². The minimum atomic E-state index is -0.350. The predicted octanol–water partition coefficient (Wildman–Crippen LogP) is 5.93. The highest BCUT2D eigenvalue weighted by molar-refractivity contribution is 5.84. The van der Waals surface area contributed by atoms with Crippen molar-refractivity contribution in [2.45, 2.75) is 83.3 Å². The Morgan fingerprint density at radius 2 is 1.91 bits per heavy atom. The fourth-order valence-electron chi connectivity index (χ4n) is 5.28. The van der Waals surface area contributed by atoms with Crippen LogP contribution in [0.5, 0.6) is 5.88 Å². The first-order chi connectivity index (χ1) is 15.6. The van der Waals surface area contributed by atoms with Crippen LogP contribution in [0.15, 0.2) is 24.5 Å². The first-order valence-electron chi connectivity index (χ1n) is 12.0. The molecule has 3 heterocycles. The van der Waals surface area contributed by atoms with E-state index >= 15 is 0 Å². The molecule has 3 aromatic rings. The minimum Gasteiger partial charge on any atom is -0.472 e. The Balaban J connectivity index is 1.37. The number of pyridine rings is 2. The topological polar surface area (TPSA) is 64.9 Å². The van der Waals surface area contributed by atoms with E-state index in [1.54, 1.807) is 19.2 Å². The van der Waals surface area contributed by atoms with Gasteiger partial charge in [-0.1, -0.05) is 12.8 Å². The number of hydrogen-bond acceptors (Lipinski definition) is 5. The third kappa shape index (κ3) is 4.05. The van der Waals surface area contributed by atoms with E-state index < -0.39 is 0 Å². The molecule has 6 nitrogen and oxygen atoms in total. The highest BCUT2D eigenvalue weighted by Crippen LogP contribution is 2.40. The number of rotatable bonds is 6. The molecule has 0 radical (unpaired) electrons. The van der Waals surface area contributed by atoms with E-state index in [0.29, 0.717) is 17.5 Å². The lowest BCUT2D eigenvalue weighted by atomic mass is 9.93. The maximum absolute atomic E-state index is 14.3. The molecule has 0 amide bonds. The second-order valence-corrected chi connectivity index (χ2v) is 9.22. The van der Waals surface area contributed by atoms with E-state index in [1.165, 1.54) is 42.3 Å². The lowest BCUT2D eigenvalue weighted by Crippen LogP contribution is -2.27. The van der Waals surface area contributed by atoms with Crippen LogP contribution in [0.2, 0.25) is 0 Å². The van der Waals surface area contributed by atoms with Crippen LogP contribution in [0, 0.1) is 12.7 Å². The molecule has 2 saturated carbocycles. The van der Waals surface area contributed by atoms with Crippen molar-refractivity contribution in [1.29, 1.82) is 0 Å². The van der Waals surface area contributed by atoms with Gasteiger partial charge in [-0.2, -0.15) is 5.10 Å². The average molecular weight is 438 g/mol. The number of ether oxygens (including phenoxy) is 1. The van der Waals surface area contributed by atoms with E-state index in [1.807, 2.05) is 6.20 Å². The summed E-state index contributed by atoms with van der Waals surface area (Å²) in [4.78, 5) is 8.73. The van der Waals surface area contributed by atoms with Gasteiger partial charge in [-0.3, -0.25) is 4.68 Å². The van der Waals surface area contributed by atoms with Crippen molar-refractivity contribution in [1.82, 2.24) is 19.7 Å². The molecule has 2 aliphatic carbocycles. The molecule has 170 valence electrons. The van der Waals surface area contributed by atoms with E-state index in [4.69, 9.17) is 9.84 Å². The van der Waals surface area contributed by atoms with Crippen molar-refractivity contribution in [3.63, 3.8) is 0 Å². The molecule has 1 N–H and O–H groups in total. The molecule has 0 aromatic carbocycles. The number of nitrogens with one attached hydrogen (secondary N) is 1. The summed E-state index contributed by atoms with van der Waals surface area (Å²) in [5.41, 5.74) is 2.96. The molecular formula is C25H32FN5O. The SMILES string of the molecule is CCNc1cc2c(cn1)c(C1CCCC1)nn2C1CCC(Oc2nccc(C)c2F)CC1. The van der Waals surface area contributed by atoms with Gasteiger partial charge in [-0.05, 0) is 64.0 Å². The summed E-state index contributed by atoms with van der Waals surface area (Å²) in [6, 6.07) is 4.14. The van der Waals surface area contributed by atoms with Crippen molar-refractivity contribution < 1.29 is 9.13 Å². The Morgan fingerprint density at radius 1 is 1.12 bits per heavy atom. The summed E-state index contributed by atoms with van der Waals surface area (Å²) in [6.07, 6.45) is 12.3. The Morgan fingerprint density at radius 3 is 2.66 bits per heavy atom. The van der Waals surface area contributed by atoms with E-state index in [2.05, 4.69) is 33.0 Å². The number of aromatic nitrogens is 4. The van der Waals surface area contributed by atoms with Crippen molar-refractivity contribution in [2.24, 2.45) is 0 Å². The highest BCUT2D eigenvalue weighted by Gasteiger charge is 2.29. The van der Waals surface area contributed by atoms with Crippen LogP contribution in [0.3, 0.4) is 0 Å². The van der Waals surface area contributed by atoms with Gasteiger partial charge < -0.3 is 10.1 Å². The van der Waals surface area contributed by atoms with Crippen molar-refractivity contribution in [3.05, 3.63) is 41.6 Å². The summed E-state index contributed by atoms with van der Waals surface area (Å²) < 4.78 is 22.5. The molecule has 0 unspecified atom stereocenters. The van der Waals surface area contributed by atoms with Gasteiger partial charge in [0.25, 0.3) is 5.88 Å². The summed E-state index contributed by atoms with van der Waals surface area (Å²) in [7, 11) is 0. The molecule has 2 fully saturated rings. The first kappa shape index (κ1) is 21.2. The van der Waals surface area contributed by atoms with Gasteiger partial charge in [0, 0.05) is 36.3 Å². The summed E-state index contributed by atoms with van der Waals surface area (Å²) in [5, 5.41) is 9.70.